The van der Waals surface area contributed by atoms with Gasteiger partial charge in [-0.2, -0.15) is 0 Å². The van der Waals surface area contributed by atoms with Crippen LogP contribution in [0, 0.1) is 10.1 Å². The fourth-order valence-electron chi connectivity index (χ4n) is 5.10. The topological polar surface area (TPSA) is 83.0 Å². The number of benzene rings is 2. The Morgan fingerprint density at radius 2 is 1.63 bits per heavy atom. The monoisotopic (exact) mass is 473 g/mol. The molecule has 2 aliphatic heterocycles. The number of likely N-dealkylation sites (tertiary alicyclic amines) is 1. The van der Waals surface area contributed by atoms with Gasteiger partial charge in [-0.05, 0) is 66.2 Å². The molecule has 0 radical (unpaired) electrons. The lowest BCUT2D eigenvalue weighted by atomic mass is 9.91. The molecule has 1 unspecified atom stereocenters. The van der Waals surface area contributed by atoms with Crippen LogP contribution in [-0.2, 0) is 19.7 Å². The Balaban J connectivity index is 1.41. The highest BCUT2D eigenvalue weighted by Gasteiger charge is 2.26. The number of nitrogens with zero attached hydrogens (tertiary/aromatic N) is 3. The van der Waals surface area contributed by atoms with Crippen molar-refractivity contribution in [2.24, 2.45) is 0 Å². The molecule has 0 spiro atoms. The molecule has 1 fully saturated rings. The molecule has 1 saturated heterocycles. The smallest absolute Gasteiger partial charge is 0.404 e. The molecule has 0 amide bonds. The lowest BCUT2D eigenvalue weighted by molar-refractivity contribution is -0.402. The summed E-state index contributed by atoms with van der Waals surface area (Å²) in [5.74, 6) is 0.372. The van der Waals surface area contributed by atoms with Crippen LogP contribution in [-0.4, -0.2) is 39.5 Å². The zero-order chi connectivity index (χ0) is 24.2. The number of aliphatic hydroxyl groups is 1. The maximum absolute atomic E-state index is 11.1. The third-order valence-electron chi connectivity index (χ3n) is 7.04. The number of nitro groups is 1. The lowest BCUT2D eigenvalue weighted by Crippen LogP contribution is -2.31. The second-order valence-corrected chi connectivity index (χ2v) is 9.43. The molecular formula is C28H31N3O4. The van der Waals surface area contributed by atoms with Crippen molar-refractivity contribution in [1.82, 2.24) is 9.80 Å². The molecule has 0 bridgehead atoms. The first-order valence-corrected chi connectivity index (χ1v) is 12.3. The molecule has 3 aromatic rings. The van der Waals surface area contributed by atoms with Gasteiger partial charge in [0.2, 0.25) is 0 Å². The maximum Gasteiger partial charge on any atom is 0.433 e. The first-order valence-electron chi connectivity index (χ1n) is 12.3. The van der Waals surface area contributed by atoms with E-state index in [9.17, 15) is 15.2 Å². The van der Waals surface area contributed by atoms with Crippen LogP contribution in [0.25, 0.3) is 5.57 Å². The Morgan fingerprint density at radius 3 is 2.29 bits per heavy atom. The van der Waals surface area contributed by atoms with Crippen molar-refractivity contribution in [2.75, 3.05) is 19.6 Å². The molecule has 1 N–H and O–H groups in total. The van der Waals surface area contributed by atoms with E-state index in [4.69, 9.17) is 4.42 Å². The summed E-state index contributed by atoms with van der Waals surface area (Å²) in [5, 5.41) is 20.4. The molecule has 2 aliphatic rings. The molecule has 0 saturated carbocycles. The van der Waals surface area contributed by atoms with Crippen molar-refractivity contribution in [2.45, 2.75) is 45.0 Å². The predicted octanol–water partition coefficient (Wildman–Crippen LogP) is 5.31. The molecule has 35 heavy (non-hydrogen) atoms. The Bertz CT molecular complexity index is 1180. The number of hydrogen-bond acceptors (Lipinski definition) is 6. The van der Waals surface area contributed by atoms with Gasteiger partial charge in [-0.1, -0.05) is 54.6 Å². The van der Waals surface area contributed by atoms with Gasteiger partial charge in [0, 0.05) is 13.1 Å². The minimum Gasteiger partial charge on any atom is -0.404 e. The fourth-order valence-corrected chi connectivity index (χ4v) is 5.10. The van der Waals surface area contributed by atoms with E-state index in [2.05, 4.69) is 52.3 Å². The maximum atomic E-state index is 11.1. The molecule has 3 heterocycles. The largest absolute Gasteiger partial charge is 0.433 e. The molecular weight excluding hydrogens is 442 g/mol. The molecule has 2 aromatic carbocycles. The van der Waals surface area contributed by atoms with Crippen LogP contribution in [0.5, 0.6) is 0 Å². The number of hydrogen-bond donors (Lipinski definition) is 1. The van der Waals surface area contributed by atoms with E-state index in [1.54, 1.807) is 6.07 Å². The number of aliphatic hydroxyl groups excluding tert-OH is 1. The van der Waals surface area contributed by atoms with Crippen LogP contribution in [0.2, 0.25) is 0 Å². The minimum atomic E-state index is -0.496. The van der Waals surface area contributed by atoms with Gasteiger partial charge in [-0.15, -0.1) is 0 Å². The van der Waals surface area contributed by atoms with Gasteiger partial charge in [0.1, 0.15) is 10.7 Å². The quantitative estimate of drug-likeness (QED) is 0.353. The summed E-state index contributed by atoms with van der Waals surface area (Å²) in [6, 6.07) is 20.1. The molecule has 5 rings (SSSR count). The van der Waals surface area contributed by atoms with Gasteiger partial charge < -0.3 is 9.52 Å². The molecule has 7 heteroatoms. The Kier molecular flexibility index (Phi) is 7.08. The number of rotatable bonds is 8. The highest BCUT2D eigenvalue weighted by atomic mass is 16.6. The summed E-state index contributed by atoms with van der Waals surface area (Å²) < 4.78 is 5.47. The molecule has 7 nitrogen and oxygen atoms in total. The van der Waals surface area contributed by atoms with Gasteiger partial charge in [0.15, 0.2) is 0 Å². The molecule has 0 aliphatic carbocycles. The van der Waals surface area contributed by atoms with Crippen LogP contribution in [0.3, 0.4) is 0 Å². The van der Waals surface area contributed by atoms with Crippen molar-refractivity contribution >= 4 is 11.5 Å². The van der Waals surface area contributed by atoms with Crippen molar-refractivity contribution in [1.29, 1.82) is 0 Å². The van der Waals surface area contributed by atoms with E-state index in [1.165, 1.54) is 48.7 Å². The second kappa shape index (κ2) is 10.6. The van der Waals surface area contributed by atoms with Gasteiger partial charge in [-0.25, -0.2) is 0 Å². The second-order valence-electron chi connectivity index (χ2n) is 9.43. The van der Waals surface area contributed by atoms with Gasteiger partial charge in [-0.3, -0.25) is 19.9 Å². The van der Waals surface area contributed by atoms with Crippen molar-refractivity contribution in [3.8, 4) is 0 Å². The summed E-state index contributed by atoms with van der Waals surface area (Å²) in [4.78, 5) is 15.4. The predicted molar refractivity (Wildman–Crippen MR) is 134 cm³/mol. The van der Waals surface area contributed by atoms with E-state index in [0.29, 0.717) is 12.3 Å². The highest BCUT2D eigenvalue weighted by Crippen LogP contribution is 2.35. The van der Waals surface area contributed by atoms with Crippen LogP contribution in [0.1, 0.15) is 53.3 Å². The van der Waals surface area contributed by atoms with Gasteiger partial charge in [0.05, 0.1) is 25.3 Å². The van der Waals surface area contributed by atoms with Crippen molar-refractivity contribution < 1.29 is 14.4 Å². The SMILES string of the molecule is O=[N+]([O-])c1ccc(CN2CCC(c3ccc(CO)cc3)=CC2c2ccc(CN3CCCC3)cc2)o1. The zero-order valence-electron chi connectivity index (χ0n) is 19.8. The Morgan fingerprint density at radius 1 is 0.914 bits per heavy atom. The average Bonchev–Trinajstić information content (AvgIpc) is 3.57. The first-order chi connectivity index (χ1) is 17.1. The third kappa shape index (κ3) is 5.53. The molecule has 1 atom stereocenters. The van der Waals surface area contributed by atoms with Gasteiger partial charge in [0.25, 0.3) is 0 Å². The third-order valence-corrected chi connectivity index (χ3v) is 7.04. The summed E-state index contributed by atoms with van der Waals surface area (Å²) in [6.07, 6.45) is 5.73. The fraction of sp³-hybridized carbons (Fsp3) is 0.357. The lowest BCUT2D eigenvalue weighted by Gasteiger charge is -2.34. The van der Waals surface area contributed by atoms with Crippen LogP contribution < -0.4 is 0 Å². The molecule has 182 valence electrons. The zero-order valence-corrected chi connectivity index (χ0v) is 19.8. The van der Waals surface area contributed by atoms with E-state index < -0.39 is 4.92 Å². The normalized spacial score (nSPS) is 19.1. The van der Waals surface area contributed by atoms with E-state index in [0.717, 1.165) is 30.6 Å². The van der Waals surface area contributed by atoms with Crippen molar-refractivity contribution in [3.05, 3.63) is 105 Å². The average molecular weight is 474 g/mol. The first kappa shape index (κ1) is 23.5. The van der Waals surface area contributed by atoms with E-state index in [1.807, 2.05) is 12.1 Å². The summed E-state index contributed by atoms with van der Waals surface area (Å²) in [5.41, 5.74) is 5.84. The van der Waals surface area contributed by atoms with Crippen molar-refractivity contribution in [3.63, 3.8) is 0 Å². The highest BCUT2D eigenvalue weighted by molar-refractivity contribution is 5.67. The summed E-state index contributed by atoms with van der Waals surface area (Å²) in [7, 11) is 0. The van der Waals surface area contributed by atoms with E-state index in [-0.39, 0.29) is 18.5 Å². The van der Waals surface area contributed by atoms with E-state index >= 15 is 0 Å². The van der Waals surface area contributed by atoms with Crippen LogP contribution in [0.4, 0.5) is 5.88 Å². The Labute approximate surface area is 205 Å². The number of furan rings is 1. The minimum absolute atomic E-state index is 0.0289. The standard InChI is InChI=1S/C28H31N3O4/c32-20-22-5-7-23(8-6-22)25-13-16-30(19-26-11-12-28(35-26)31(33)34)27(17-25)24-9-3-21(4-10-24)18-29-14-1-2-15-29/h3-12,17,27,32H,1-2,13-16,18-20H2. The summed E-state index contributed by atoms with van der Waals surface area (Å²) >= 11 is 0. The Hall–Kier alpha value is -3.26. The van der Waals surface area contributed by atoms with Crippen LogP contribution in [0.15, 0.2) is 71.2 Å². The van der Waals surface area contributed by atoms with Gasteiger partial charge >= 0.3 is 5.88 Å². The summed E-state index contributed by atoms with van der Waals surface area (Å²) in [6.45, 7) is 4.69. The molecule has 1 aromatic heterocycles. The van der Waals surface area contributed by atoms with Crippen LogP contribution >= 0.6 is 0 Å².